The molecule has 0 saturated heterocycles. The molecule has 5 aromatic rings. The van der Waals surface area contributed by atoms with Gasteiger partial charge in [-0.25, -0.2) is 9.55 Å². The zero-order valence-corrected chi connectivity index (χ0v) is 17.6. The molecule has 5 heteroatoms. The summed E-state index contributed by atoms with van der Waals surface area (Å²) in [7, 11) is 1.69. The van der Waals surface area contributed by atoms with Crippen LogP contribution in [0.1, 0.15) is 5.56 Å². The number of ether oxygens (including phenoxy) is 1. The van der Waals surface area contributed by atoms with Crippen LogP contribution in [0.15, 0.2) is 91.1 Å². The zero-order chi connectivity index (χ0) is 18.9. The van der Waals surface area contributed by atoms with Crippen molar-refractivity contribution in [3.05, 3.63) is 96.7 Å². The van der Waals surface area contributed by atoms with E-state index >= 15 is 0 Å². The quantitative estimate of drug-likeness (QED) is 0.392. The minimum atomic E-state index is 0. The van der Waals surface area contributed by atoms with E-state index in [4.69, 9.17) is 9.72 Å². The molecule has 3 heterocycles. The highest BCUT2D eigenvalue weighted by Crippen LogP contribution is 2.29. The number of fused-ring (bicyclic) bond motifs is 3. The highest BCUT2D eigenvalue weighted by molar-refractivity contribution is 5.84. The van der Waals surface area contributed by atoms with E-state index in [0.29, 0.717) is 5.88 Å². The van der Waals surface area contributed by atoms with Crippen molar-refractivity contribution >= 4 is 16.7 Å². The minimum absolute atomic E-state index is 0. The minimum Gasteiger partial charge on any atom is -1.00 e. The van der Waals surface area contributed by atoms with E-state index in [-0.39, 0.29) is 17.0 Å². The average molecular weight is 446 g/mol. The number of halogens is 1. The van der Waals surface area contributed by atoms with Crippen molar-refractivity contribution in [2.45, 2.75) is 6.54 Å². The Labute approximate surface area is 179 Å². The van der Waals surface area contributed by atoms with Crippen LogP contribution >= 0.6 is 0 Å². The van der Waals surface area contributed by atoms with Crippen LogP contribution in [-0.4, -0.2) is 16.5 Å². The number of imidazole rings is 1. The summed E-state index contributed by atoms with van der Waals surface area (Å²) in [6.45, 7) is 0.751. The average Bonchev–Trinajstić information content (AvgIpc) is 3.08. The largest absolute Gasteiger partial charge is 1.00 e. The topological polar surface area (TPSA) is 30.4 Å². The van der Waals surface area contributed by atoms with Gasteiger partial charge in [0.15, 0.2) is 5.52 Å². The Morgan fingerprint density at radius 3 is 2.31 bits per heavy atom. The highest BCUT2D eigenvalue weighted by atomic mass is 79.9. The standard InChI is InChI=1S/C24H20N3O.BrH/c1-28-24-23-21(16-20(25-24)19-12-6-3-7-13-19)26-15-9-8-14-22(26)27(23)17-18-10-4-2-5-11-18;/h2-16H,17H2,1H3;1H/q+1;/p-1. The lowest BCUT2D eigenvalue weighted by atomic mass is 10.1. The van der Waals surface area contributed by atoms with Gasteiger partial charge in [-0.2, -0.15) is 4.40 Å². The third-order valence-corrected chi connectivity index (χ3v) is 5.03. The molecular weight excluding hydrogens is 426 g/mol. The lowest BCUT2D eigenvalue weighted by molar-refractivity contribution is -0.636. The number of rotatable bonds is 4. The molecule has 0 aliphatic carbocycles. The molecule has 0 spiro atoms. The number of methoxy groups -OCH3 is 1. The molecule has 0 saturated carbocycles. The van der Waals surface area contributed by atoms with Crippen molar-refractivity contribution in [2.75, 3.05) is 7.11 Å². The van der Waals surface area contributed by atoms with Crippen LogP contribution in [0.4, 0.5) is 0 Å². The first-order chi connectivity index (χ1) is 13.8. The molecule has 144 valence electrons. The van der Waals surface area contributed by atoms with Crippen molar-refractivity contribution in [1.82, 2.24) is 9.38 Å². The van der Waals surface area contributed by atoms with Gasteiger partial charge in [0.1, 0.15) is 6.54 Å². The van der Waals surface area contributed by atoms with Gasteiger partial charge in [-0.3, -0.25) is 0 Å². The van der Waals surface area contributed by atoms with Crippen molar-refractivity contribution < 1.29 is 26.3 Å². The Hall–Kier alpha value is -3.18. The first-order valence-corrected chi connectivity index (χ1v) is 9.32. The van der Waals surface area contributed by atoms with Crippen LogP contribution in [0.2, 0.25) is 0 Å². The van der Waals surface area contributed by atoms with Crippen molar-refractivity contribution in [2.24, 2.45) is 0 Å². The van der Waals surface area contributed by atoms with E-state index in [1.165, 1.54) is 5.56 Å². The smallest absolute Gasteiger partial charge is 0.287 e. The second-order valence-corrected chi connectivity index (χ2v) is 6.75. The first kappa shape index (κ1) is 19.2. The molecular formula is C24H20BrN3O. The first-order valence-electron chi connectivity index (χ1n) is 9.32. The van der Waals surface area contributed by atoms with Gasteiger partial charge in [0, 0.05) is 17.7 Å². The van der Waals surface area contributed by atoms with Crippen LogP contribution < -0.4 is 26.3 Å². The van der Waals surface area contributed by atoms with E-state index in [2.05, 4.69) is 69.8 Å². The molecule has 5 rings (SSSR count). The van der Waals surface area contributed by atoms with Gasteiger partial charge in [0.2, 0.25) is 5.52 Å². The lowest BCUT2D eigenvalue weighted by Gasteiger charge is -2.06. The van der Waals surface area contributed by atoms with E-state index < -0.39 is 0 Å². The summed E-state index contributed by atoms with van der Waals surface area (Å²) in [5, 5.41) is 0. The third-order valence-electron chi connectivity index (χ3n) is 5.03. The summed E-state index contributed by atoms with van der Waals surface area (Å²) in [6, 6.07) is 29.1. The molecule has 0 unspecified atom stereocenters. The number of hydrogen-bond acceptors (Lipinski definition) is 2. The monoisotopic (exact) mass is 445 g/mol. The van der Waals surface area contributed by atoms with Crippen LogP contribution in [0.3, 0.4) is 0 Å². The Kier molecular flexibility index (Phi) is 5.32. The van der Waals surface area contributed by atoms with Crippen molar-refractivity contribution in [3.8, 4) is 17.1 Å². The fraction of sp³-hybridized carbons (Fsp3) is 0.0833. The molecule has 0 amide bonds. The second-order valence-electron chi connectivity index (χ2n) is 6.75. The molecule has 3 aromatic heterocycles. The molecule has 29 heavy (non-hydrogen) atoms. The van der Waals surface area contributed by atoms with Gasteiger partial charge in [-0.1, -0.05) is 66.7 Å². The molecule has 0 bridgehead atoms. The molecule has 0 atom stereocenters. The maximum atomic E-state index is 5.75. The van der Waals surface area contributed by atoms with Crippen molar-refractivity contribution in [1.29, 1.82) is 0 Å². The maximum Gasteiger partial charge on any atom is 0.287 e. The van der Waals surface area contributed by atoms with Gasteiger partial charge in [-0.05, 0) is 11.6 Å². The molecule has 0 N–H and O–H groups in total. The van der Waals surface area contributed by atoms with E-state index in [0.717, 1.165) is 34.5 Å². The van der Waals surface area contributed by atoms with Gasteiger partial charge in [0.25, 0.3) is 11.5 Å². The fourth-order valence-electron chi connectivity index (χ4n) is 3.74. The summed E-state index contributed by atoms with van der Waals surface area (Å²) in [6.07, 6.45) is 2.09. The summed E-state index contributed by atoms with van der Waals surface area (Å²) in [5.41, 5.74) is 6.39. The fourth-order valence-corrected chi connectivity index (χ4v) is 3.74. The molecule has 0 radical (unpaired) electrons. The van der Waals surface area contributed by atoms with E-state index in [9.17, 15) is 0 Å². The van der Waals surface area contributed by atoms with E-state index in [1.807, 2.05) is 30.3 Å². The zero-order valence-electron chi connectivity index (χ0n) is 16.0. The van der Waals surface area contributed by atoms with Gasteiger partial charge in [0.05, 0.1) is 19.0 Å². The Morgan fingerprint density at radius 1 is 0.897 bits per heavy atom. The van der Waals surface area contributed by atoms with Gasteiger partial charge < -0.3 is 21.7 Å². The normalized spacial score (nSPS) is 10.8. The van der Waals surface area contributed by atoms with Crippen LogP contribution in [0, 0.1) is 0 Å². The summed E-state index contributed by atoms with van der Waals surface area (Å²) < 4.78 is 10.2. The predicted molar refractivity (Wildman–Crippen MR) is 110 cm³/mol. The van der Waals surface area contributed by atoms with E-state index in [1.54, 1.807) is 7.11 Å². The number of aromatic nitrogens is 3. The van der Waals surface area contributed by atoms with Crippen LogP contribution in [0.5, 0.6) is 5.88 Å². The second kappa shape index (κ2) is 8.05. The SMILES string of the molecule is COc1nc(-c2ccccc2)cc2c1[n+](Cc1ccccc1)c1ccccn21.[Br-]. The van der Waals surface area contributed by atoms with Crippen LogP contribution in [-0.2, 0) is 6.54 Å². The Morgan fingerprint density at radius 2 is 1.59 bits per heavy atom. The van der Waals surface area contributed by atoms with Gasteiger partial charge in [-0.15, -0.1) is 0 Å². The predicted octanol–water partition coefficient (Wildman–Crippen LogP) is 1.50. The Balaban J connectivity index is 0.00000205. The Bertz CT molecular complexity index is 1270. The number of nitrogens with zero attached hydrogens (tertiary/aromatic N) is 3. The molecule has 4 nitrogen and oxygen atoms in total. The summed E-state index contributed by atoms with van der Waals surface area (Å²) in [5.74, 6) is 0.635. The number of benzene rings is 2. The van der Waals surface area contributed by atoms with Crippen molar-refractivity contribution in [3.63, 3.8) is 0 Å². The third kappa shape index (κ3) is 3.38. The number of hydrogen-bond donors (Lipinski definition) is 0. The highest BCUT2D eigenvalue weighted by Gasteiger charge is 2.25. The molecule has 0 aliphatic rings. The molecule has 0 fully saturated rings. The molecule has 0 aliphatic heterocycles. The summed E-state index contributed by atoms with van der Waals surface area (Å²) >= 11 is 0. The lowest BCUT2D eigenvalue weighted by Crippen LogP contribution is -3.00. The summed E-state index contributed by atoms with van der Waals surface area (Å²) in [4.78, 5) is 4.83. The van der Waals surface area contributed by atoms with Gasteiger partial charge >= 0.3 is 0 Å². The number of pyridine rings is 2. The molecule has 2 aromatic carbocycles. The maximum absolute atomic E-state index is 5.75. The van der Waals surface area contributed by atoms with Crippen LogP contribution in [0.25, 0.3) is 27.9 Å².